The lowest BCUT2D eigenvalue weighted by atomic mass is 10.2. The molecule has 2 N–H and O–H groups in total. The Hall–Kier alpha value is -2.13. The smallest absolute Gasteiger partial charge is 0.308 e. The number of carbonyl (C=O) groups is 2. The van der Waals surface area contributed by atoms with Crippen molar-refractivity contribution in [1.82, 2.24) is 5.32 Å². The summed E-state index contributed by atoms with van der Waals surface area (Å²) in [6.45, 7) is 1.41. The fraction of sp³-hybridized carbons (Fsp3) is 0.182. The fourth-order valence-corrected chi connectivity index (χ4v) is 1.12. The Kier molecular flexibility index (Phi) is 4.63. The zero-order chi connectivity index (χ0) is 13.7. The molecule has 1 rings (SSSR count). The standard InChI is InChI=1S/C11H9ClFN3O2/c1-6(12)10(17)16-11(18)15-8-2-3-9(13)7(4-8)5-14/h2-4,6H,1H3,(H2,15,16,17,18). The Morgan fingerprint density at radius 3 is 2.72 bits per heavy atom. The molecule has 1 atom stereocenters. The van der Waals surface area contributed by atoms with E-state index in [-0.39, 0.29) is 11.3 Å². The van der Waals surface area contributed by atoms with Crippen LogP contribution in [0, 0.1) is 17.1 Å². The summed E-state index contributed by atoms with van der Waals surface area (Å²) in [5, 5.41) is 12.0. The third kappa shape index (κ3) is 3.71. The van der Waals surface area contributed by atoms with Crippen LogP contribution in [0.5, 0.6) is 0 Å². The summed E-state index contributed by atoms with van der Waals surface area (Å²) in [4.78, 5) is 22.4. The van der Waals surface area contributed by atoms with E-state index >= 15 is 0 Å². The quantitative estimate of drug-likeness (QED) is 0.805. The molecule has 7 heteroatoms. The van der Waals surface area contributed by atoms with Gasteiger partial charge >= 0.3 is 6.03 Å². The zero-order valence-corrected chi connectivity index (χ0v) is 10.1. The van der Waals surface area contributed by atoms with Crippen molar-refractivity contribution in [3.8, 4) is 6.07 Å². The van der Waals surface area contributed by atoms with Gasteiger partial charge < -0.3 is 5.32 Å². The predicted molar refractivity (Wildman–Crippen MR) is 63.6 cm³/mol. The summed E-state index contributed by atoms with van der Waals surface area (Å²) in [6.07, 6.45) is 0. The molecule has 0 bridgehead atoms. The molecule has 0 aromatic heterocycles. The average molecular weight is 270 g/mol. The van der Waals surface area contributed by atoms with Crippen LogP contribution >= 0.6 is 11.6 Å². The third-order valence-electron chi connectivity index (χ3n) is 1.94. The summed E-state index contributed by atoms with van der Waals surface area (Å²) in [5.74, 6) is -1.34. The second-order valence-electron chi connectivity index (χ2n) is 3.37. The lowest BCUT2D eigenvalue weighted by molar-refractivity contribution is -0.119. The number of rotatable bonds is 2. The predicted octanol–water partition coefficient (Wildman–Crippen LogP) is 1.97. The van der Waals surface area contributed by atoms with Crippen LogP contribution in [-0.4, -0.2) is 17.3 Å². The van der Waals surface area contributed by atoms with Crippen LogP contribution in [0.3, 0.4) is 0 Å². The highest BCUT2D eigenvalue weighted by Crippen LogP contribution is 2.13. The van der Waals surface area contributed by atoms with E-state index in [1.54, 1.807) is 6.07 Å². The number of nitriles is 1. The fourth-order valence-electron chi connectivity index (χ4n) is 1.06. The number of halogens is 2. The molecule has 0 heterocycles. The molecular formula is C11H9ClFN3O2. The second kappa shape index (κ2) is 5.98. The second-order valence-corrected chi connectivity index (χ2v) is 4.02. The van der Waals surface area contributed by atoms with Crippen molar-refractivity contribution in [3.63, 3.8) is 0 Å². The molecule has 0 fully saturated rings. The zero-order valence-electron chi connectivity index (χ0n) is 9.33. The van der Waals surface area contributed by atoms with E-state index in [9.17, 15) is 14.0 Å². The summed E-state index contributed by atoms with van der Waals surface area (Å²) in [7, 11) is 0. The van der Waals surface area contributed by atoms with E-state index in [1.807, 2.05) is 5.32 Å². The van der Waals surface area contributed by atoms with Crippen molar-refractivity contribution in [2.45, 2.75) is 12.3 Å². The van der Waals surface area contributed by atoms with Gasteiger partial charge in [-0.15, -0.1) is 11.6 Å². The van der Waals surface area contributed by atoms with E-state index in [2.05, 4.69) is 5.32 Å². The topological polar surface area (TPSA) is 82.0 Å². The largest absolute Gasteiger partial charge is 0.325 e. The molecule has 0 saturated heterocycles. The number of benzene rings is 1. The van der Waals surface area contributed by atoms with Gasteiger partial charge in [-0.05, 0) is 25.1 Å². The van der Waals surface area contributed by atoms with E-state index in [0.29, 0.717) is 0 Å². The van der Waals surface area contributed by atoms with Crippen molar-refractivity contribution in [2.75, 3.05) is 5.32 Å². The minimum Gasteiger partial charge on any atom is -0.308 e. The minimum absolute atomic E-state index is 0.195. The van der Waals surface area contributed by atoms with Gasteiger partial charge in [0.25, 0.3) is 0 Å². The number of imide groups is 1. The number of amides is 3. The van der Waals surface area contributed by atoms with E-state index in [0.717, 1.165) is 12.1 Å². The Balaban J connectivity index is 2.71. The monoisotopic (exact) mass is 269 g/mol. The van der Waals surface area contributed by atoms with Crippen molar-refractivity contribution in [1.29, 1.82) is 5.26 Å². The first-order valence-corrected chi connectivity index (χ1v) is 5.33. The summed E-state index contributed by atoms with van der Waals surface area (Å²) in [6, 6.07) is 4.30. The van der Waals surface area contributed by atoms with Crippen LogP contribution in [-0.2, 0) is 4.79 Å². The minimum atomic E-state index is -0.848. The van der Waals surface area contributed by atoms with Gasteiger partial charge in [-0.3, -0.25) is 10.1 Å². The van der Waals surface area contributed by atoms with Crippen LogP contribution in [0.15, 0.2) is 18.2 Å². The van der Waals surface area contributed by atoms with Gasteiger partial charge in [-0.25, -0.2) is 9.18 Å². The van der Waals surface area contributed by atoms with Gasteiger partial charge in [0.1, 0.15) is 17.3 Å². The number of carbonyl (C=O) groups excluding carboxylic acids is 2. The average Bonchev–Trinajstić information content (AvgIpc) is 2.31. The number of hydrogen-bond donors (Lipinski definition) is 2. The van der Waals surface area contributed by atoms with Crippen molar-refractivity contribution < 1.29 is 14.0 Å². The Bertz CT molecular complexity index is 526. The van der Waals surface area contributed by atoms with E-state index < -0.39 is 23.1 Å². The molecule has 0 radical (unpaired) electrons. The maximum absolute atomic E-state index is 13.0. The molecule has 3 amide bonds. The van der Waals surface area contributed by atoms with Crippen LogP contribution in [0.25, 0.3) is 0 Å². The molecule has 0 saturated carbocycles. The summed E-state index contributed by atoms with van der Waals surface area (Å²) in [5.41, 5.74) is -0.00897. The molecule has 0 aliphatic carbocycles. The number of hydrogen-bond acceptors (Lipinski definition) is 3. The number of nitrogens with zero attached hydrogens (tertiary/aromatic N) is 1. The molecule has 5 nitrogen and oxygen atoms in total. The van der Waals surface area contributed by atoms with Gasteiger partial charge in [-0.1, -0.05) is 0 Å². The Labute approximate surface area is 108 Å². The number of nitrogens with one attached hydrogen (secondary N) is 2. The summed E-state index contributed by atoms with van der Waals surface area (Å²) < 4.78 is 13.0. The van der Waals surface area contributed by atoms with Gasteiger partial charge in [0.2, 0.25) is 5.91 Å². The number of urea groups is 1. The molecule has 94 valence electrons. The molecule has 1 unspecified atom stereocenters. The van der Waals surface area contributed by atoms with Crippen LogP contribution in [0.1, 0.15) is 12.5 Å². The molecule has 0 spiro atoms. The SMILES string of the molecule is CC(Cl)C(=O)NC(=O)Nc1ccc(F)c(C#N)c1. The van der Waals surface area contributed by atoms with E-state index in [4.69, 9.17) is 16.9 Å². The Morgan fingerprint density at radius 2 is 2.17 bits per heavy atom. The van der Waals surface area contributed by atoms with Crippen molar-refractivity contribution in [2.24, 2.45) is 0 Å². The highest BCUT2D eigenvalue weighted by atomic mass is 35.5. The maximum Gasteiger partial charge on any atom is 0.325 e. The maximum atomic E-state index is 13.0. The molecule has 1 aromatic carbocycles. The van der Waals surface area contributed by atoms with Gasteiger partial charge in [0.05, 0.1) is 5.56 Å². The first-order valence-electron chi connectivity index (χ1n) is 4.89. The summed E-state index contributed by atoms with van der Waals surface area (Å²) >= 11 is 5.46. The van der Waals surface area contributed by atoms with E-state index in [1.165, 1.54) is 13.0 Å². The van der Waals surface area contributed by atoms with Crippen molar-refractivity contribution in [3.05, 3.63) is 29.6 Å². The Morgan fingerprint density at radius 1 is 1.50 bits per heavy atom. The van der Waals surface area contributed by atoms with Gasteiger partial charge in [0, 0.05) is 5.69 Å². The van der Waals surface area contributed by atoms with Gasteiger partial charge in [0.15, 0.2) is 0 Å². The molecular weight excluding hydrogens is 261 g/mol. The van der Waals surface area contributed by atoms with Gasteiger partial charge in [-0.2, -0.15) is 5.26 Å². The third-order valence-corrected chi connectivity index (χ3v) is 2.14. The first-order chi connectivity index (χ1) is 8.43. The highest BCUT2D eigenvalue weighted by Gasteiger charge is 2.13. The van der Waals surface area contributed by atoms with Crippen molar-refractivity contribution >= 4 is 29.2 Å². The number of alkyl halides is 1. The first kappa shape index (κ1) is 13.9. The molecule has 0 aliphatic heterocycles. The van der Waals surface area contributed by atoms with Crippen LogP contribution < -0.4 is 10.6 Å². The van der Waals surface area contributed by atoms with Crippen LogP contribution in [0.4, 0.5) is 14.9 Å². The molecule has 0 aliphatic rings. The lowest BCUT2D eigenvalue weighted by Crippen LogP contribution is -2.38. The highest BCUT2D eigenvalue weighted by molar-refractivity contribution is 6.31. The molecule has 18 heavy (non-hydrogen) atoms. The molecule has 1 aromatic rings. The lowest BCUT2D eigenvalue weighted by Gasteiger charge is -2.07. The number of anilines is 1. The van der Waals surface area contributed by atoms with Crippen LogP contribution in [0.2, 0.25) is 0 Å². The normalized spacial score (nSPS) is 11.2.